The maximum atomic E-state index is 13.6. The smallest absolute Gasteiger partial charge is 0.174 e. The first-order chi connectivity index (χ1) is 10.9. The maximum Gasteiger partial charge on any atom is 0.174 e. The van der Waals surface area contributed by atoms with Crippen LogP contribution in [0.25, 0.3) is 0 Å². The Hall–Kier alpha value is -2.09. The second kappa shape index (κ2) is 3.53. The van der Waals surface area contributed by atoms with Crippen LogP contribution in [-0.4, -0.2) is 12.9 Å². The molecular formula is C21H20O2. The lowest BCUT2D eigenvalue weighted by Crippen LogP contribution is -2.47. The highest BCUT2D eigenvalue weighted by atomic mass is 16.5. The van der Waals surface area contributed by atoms with Crippen LogP contribution in [0.2, 0.25) is 0 Å². The Labute approximate surface area is 136 Å². The second-order valence-electron chi connectivity index (χ2n) is 7.79. The standard InChI is InChI=1S/C21H20O2/c1-19-16-10-9-12(23-4)11-14(16)18(22)20(2)15-8-6-5-7-13(15)17(19)21(19,20)3/h5-11,17H,1-4H3. The average molecular weight is 304 g/mol. The van der Waals surface area contributed by atoms with Crippen LogP contribution in [0, 0.1) is 5.41 Å². The molecule has 0 amide bonds. The van der Waals surface area contributed by atoms with Crippen molar-refractivity contribution >= 4 is 5.78 Å². The van der Waals surface area contributed by atoms with E-state index in [9.17, 15) is 4.79 Å². The first-order valence-corrected chi connectivity index (χ1v) is 8.25. The quantitative estimate of drug-likeness (QED) is 0.788. The van der Waals surface area contributed by atoms with Crippen LogP contribution in [0.3, 0.4) is 0 Å². The SMILES string of the molecule is COc1ccc2c(c1)C(=O)C1(C)c3ccccc3C3C2(C)C31C. The number of ether oxygens (including phenoxy) is 1. The summed E-state index contributed by atoms with van der Waals surface area (Å²) in [5.74, 6) is 1.44. The number of hydrogen-bond acceptors (Lipinski definition) is 2. The van der Waals surface area contributed by atoms with E-state index in [1.165, 1.54) is 16.7 Å². The molecule has 0 saturated heterocycles. The third-order valence-electron chi connectivity index (χ3n) is 7.48. The molecule has 0 heterocycles. The fourth-order valence-electron chi connectivity index (χ4n) is 6.07. The molecule has 2 heteroatoms. The molecule has 3 aliphatic carbocycles. The summed E-state index contributed by atoms with van der Waals surface area (Å²) in [5, 5.41) is 0. The summed E-state index contributed by atoms with van der Waals surface area (Å²) in [5.41, 5.74) is 4.21. The molecule has 2 aromatic rings. The number of carbonyl (C=O) groups is 1. The Morgan fingerprint density at radius 2 is 1.74 bits per heavy atom. The minimum Gasteiger partial charge on any atom is -0.497 e. The van der Waals surface area contributed by atoms with Crippen molar-refractivity contribution in [2.45, 2.75) is 37.5 Å². The molecule has 0 aromatic heterocycles. The molecule has 4 unspecified atom stereocenters. The number of carbonyl (C=O) groups excluding carboxylic acids is 1. The molecule has 0 bridgehead atoms. The van der Waals surface area contributed by atoms with E-state index in [-0.39, 0.29) is 16.6 Å². The number of rotatable bonds is 1. The normalized spacial score (nSPS) is 38.6. The Morgan fingerprint density at radius 3 is 2.48 bits per heavy atom. The van der Waals surface area contributed by atoms with E-state index in [0.29, 0.717) is 5.92 Å². The minimum absolute atomic E-state index is 0.0254. The van der Waals surface area contributed by atoms with Crippen molar-refractivity contribution in [1.29, 1.82) is 0 Å². The summed E-state index contributed by atoms with van der Waals surface area (Å²) < 4.78 is 5.37. The molecule has 0 radical (unpaired) electrons. The van der Waals surface area contributed by atoms with Crippen LogP contribution >= 0.6 is 0 Å². The van der Waals surface area contributed by atoms with Gasteiger partial charge in [-0.1, -0.05) is 44.2 Å². The molecule has 2 aromatic carbocycles. The monoisotopic (exact) mass is 304 g/mol. The van der Waals surface area contributed by atoms with Crippen LogP contribution in [0.5, 0.6) is 5.75 Å². The number of methoxy groups -OCH3 is 1. The third-order valence-corrected chi connectivity index (χ3v) is 7.48. The largest absolute Gasteiger partial charge is 0.497 e. The van der Waals surface area contributed by atoms with Crippen molar-refractivity contribution < 1.29 is 9.53 Å². The fourth-order valence-corrected chi connectivity index (χ4v) is 6.07. The molecule has 4 atom stereocenters. The first-order valence-electron chi connectivity index (χ1n) is 8.25. The Bertz CT molecular complexity index is 898. The number of benzene rings is 2. The van der Waals surface area contributed by atoms with Gasteiger partial charge in [0.1, 0.15) is 5.75 Å². The van der Waals surface area contributed by atoms with E-state index >= 15 is 0 Å². The molecule has 3 aliphatic rings. The van der Waals surface area contributed by atoms with Crippen molar-refractivity contribution in [3.8, 4) is 5.75 Å². The van der Waals surface area contributed by atoms with Gasteiger partial charge in [-0.3, -0.25) is 4.79 Å². The van der Waals surface area contributed by atoms with Crippen LogP contribution in [0.15, 0.2) is 42.5 Å². The van der Waals surface area contributed by atoms with Gasteiger partial charge in [-0.15, -0.1) is 0 Å². The van der Waals surface area contributed by atoms with Crippen molar-refractivity contribution in [2.75, 3.05) is 7.11 Å². The lowest BCUT2D eigenvalue weighted by atomic mass is 9.58. The van der Waals surface area contributed by atoms with Gasteiger partial charge in [0.05, 0.1) is 12.5 Å². The van der Waals surface area contributed by atoms with Gasteiger partial charge >= 0.3 is 0 Å². The molecule has 0 spiro atoms. The number of ketones is 1. The van der Waals surface area contributed by atoms with Gasteiger partial charge in [-0.25, -0.2) is 0 Å². The van der Waals surface area contributed by atoms with E-state index in [2.05, 4.69) is 51.1 Å². The van der Waals surface area contributed by atoms with Gasteiger partial charge in [0.2, 0.25) is 0 Å². The van der Waals surface area contributed by atoms with Crippen LogP contribution in [0.1, 0.15) is 53.7 Å². The zero-order valence-electron chi connectivity index (χ0n) is 13.9. The molecule has 2 nitrogen and oxygen atoms in total. The topological polar surface area (TPSA) is 26.3 Å². The van der Waals surface area contributed by atoms with Crippen molar-refractivity contribution in [1.82, 2.24) is 0 Å². The van der Waals surface area contributed by atoms with Crippen molar-refractivity contribution in [2.24, 2.45) is 5.41 Å². The zero-order valence-corrected chi connectivity index (χ0v) is 13.9. The minimum atomic E-state index is -0.442. The van der Waals surface area contributed by atoms with Crippen LogP contribution in [0.4, 0.5) is 0 Å². The fraction of sp³-hybridized carbons (Fsp3) is 0.381. The predicted octanol–water partition coefficient (Wildman–Crippen LogP) is 4.22. The highest BCUT2D eigenvalue weighted by molar-refractivity contribution is 6.11. The van der Waals surface area contributed by atoms with Crippen LogP contribution in [-0.2, 0) is 10.8 Å². The number of Topliss-reactive ketones (excluding diaryl/α,β-unsaturated/α-hetero) is 1. The van der Waals surface area contributed by atoms with E-state index < -0.39 is 5.41 Å². The summed E-state index contributed by atoms with van der Waals surface area (Å²) in [4.78, 5) is 13.6. The molecule has 0 N–H and O–H groups in total. The molecule has 1 saturated carbocycles. The molecule has 23 heavy (non-hydrogen) atoms. The van der Waals surface area contributed by atoms with E-state index in [4.69, 9.17) is 4.74 Å². The lowest BCUT2D eigenvalue weighted by Gasteiger charge is -2.42. The Balaban J connectivity index is 1.88. The van der Waals surface area contributed by atoms with Gasteiger partial charge < -0.3 is 4.74 Å². The molecule has 0 aliphatic heterocycles. The van der Waals surface area contributed by atoms with E-state index in [1.54, 1.807) is 7.11 Å². The second-order valence-corrected chi connectivity index (χ2v) is 7.79. The highest BCUT2D eigenvalue weighted by Crippen LogP contribution is 2.87. The van der Waals surface area contributed by atoms with Gasteiger partial charge in [0, 0.05) is 22.3 Å². The molecule has 5 rings (SSSR count). The number of fused-ring (bicyclic) bond motifs is 6. The summed E-state index contributed by atoms with van der Waals surface area (Å²) >= 11 is 0. The summed E-state index contributed by atoms with van der Waals surface area (Å²) in [6.45, 7) is 6.80. The Morgan fingerprint density at radius 1 is 1.00 bits per heavy atom. The first kappa shape index (κ1) is 13.4. The molecular weight excluding hydrogens is 284 g/mol. The zero-order chi connectivity index (χ0) is 16.2. The number of hydrogen-bond donors (Lipinski definition) is 0. The third kappa shape index (κ3) is 1.05. The molecule has 116 valence electrons. The predicted molar refractivity (Wildman–Crippen MR) is 89.3 cm³/mol. The molecule has 1 fully saturated rings. The Kier molecular flexibility index (Phi) is 2.05. The van der Waals surface area contributed by atoms with Gasteiger partial charge in [0.15, 0.2) is 5.78 Å². The summed E-state index contributed by atoms with van der Waals surface area (Å²) in [6.07, 6.45) is 0. The van der Waals surface area contributed by atoms with E-state index in [1.807, 2.05) is 12.1 Å². The van der Waals surface area contributed by atoms with Gasteiger partial charge in [-0.2, -0.15) is 0 Å². The van der Waals surface area contributed by atoms with Crippen molar-refractivity contribution in [3.63, 3.8) is 0 Å². The summed E-state index contributed by atoms with van der Waals surface area (Å²) in [7, 11) is 1.65. The lowest BCUT2D eigenvalue weighted by molar-refractivity contribution is 0.0794. The highest BCUT2D eigenvalue weighted by Gasteiger charge is 2.86. The van der Waals surface area contributed by atoms with E-state index in [0.717, 1.165) is 11.3 Å². The van der Waals surface area contributed by atoms with Gasteiger partial charge in [-0.05, 0) is 35.7 Å². The van der Waals surface area contributed by atoms with Crippen LogP contribution < -0.4 is 4.74 Å². The summed E-state index contributed by atoms with van der Waals surface area (Å²) in [6, 6.07) is 14.6. The van der Waals surface area contributed by atoms with Crippen molar-refractivity contribution in [3.05, 3.63) is 64.7 Å². The average Bonchev–Trinajstić information content (AvgIpc) is 3.01. The van der Waals surface area contributed by atoms with Gasteiger partial charge in [0.25, 0.3) is 0 Å². The maximum absolute atomic E-state index is 13.6.